The average Bonchev–Trinajstić information content (AvgIpc) is 3.23. The standard InChI is InChI=1S/C26H23BrN4O2S2/c1-16-6-8-17(9-7-16)14-28-30-22(32)15-34-26-29-24-23(20-4-2-3-5-21(20)35-24)25(33)31(26)19-12-10-18(27)11-13-19/h6-14H,2-5,15H2,1H3,(H,30,32). The van der Waals surface area contributed by atoms with Gasteiger partial charge in [0, 0.05) is 9.35 Å². The third-order valence-electron chi connectivity index (χ3n) is 5.86. The Morgan fingerprint density at radius 1 is 1.17 bits per heavy atom. The summed E-state index contributed by atoms with van der Waals surface area (Å²) < 4.78 is 2.56. The van der Waals surface area contributed by atoms with Gasteiger partial charge in [-0.1, -0.05) is 57.5 Å². The number of nitrogens with zero attached hydrogens (tertiary/aromatic N) is 3. The smallest absolute Gasteiger partial charge is 0.267 e. The zero-order chi connectivity index (χ0) is 24.4. The Kier molecular flexibility index (Phi) is 7.17. The van der Waals surface area contributed by atoms with Gasteiger partial charge in [0.15, 0.2) is 5.16 Å². The van der Waals surface area contributed by atoms with E-state index in [0.717, 1.165) is 62.8 Å². The van der Waals surface area contributed by atoms with Crippen LogP contribution in [0.3, 0.4) is 0 Å². The molecule has 0 spiro atoms. The van der Waals surface area contributed by atoms with Crippen molar-refractivity contribution in [1.82, 2.24) is 15.0 Å². The van der Waals surface area contributed by atoms with Crippen molar-refractivity contribution in [3.63, 3.8) is 0 Å². The first-order valence-corrected chi connectivity index (χ1v) is 13.9. The number of fused-ring (bicyclic) bond motifs is 3. The SMILES string of the molecule is Cc1ccc(C=NNC(=O)CSc2nc3sc4c(c3c(=O)n2-c2ccc(Br)cc2)CCCC4)cc1. The maximum absolute atomic E-state index is 13.7. The Balaban J connectivity index is 1.42. The summed E-state index contributed by atoms with van der Waals surface area (Å²) in [4.78, 5) is 33.1. The van der Waals surface area contributed by atoms with Gasteiger partial charge in [0.2, 0.25) is 0 Å². The summed E-state index contributed by atoms with van der Waals surface area (Å²) in [5.41, 5.74) is 6.44. The Morgan fingerprint density at radius 3 is 2.69 bits per heavy atom. The molecule has 1 aliphatic carbocycles. The van der Waals surface area contributed by atoms with Crippen molar-refractivity contribution in [2.24, 2.45) is 5.10 Å². The van der Waals surface area contributed by atoms with Crippen molar-refractivity contribution in [1.29, 1.82) is 0 Å². The first-order valence-electron chi connectivity index (χ1n) is 11.3. The van der Waals surface area contributed by atoms with Crippen LogP contribution in [0.5, 0.6) is 0 Å². The quantitative estimate of drug-likeness (QED) is 0.142. The van der Waals surface area contributed by atoms with Crippen molar-refractivity contribution < 1.29 is 4.79 Å². The number of thioether (sulfide) groups is 1. The van der Waals surface area contributed by atoms with Gasteiger partial charge in [-0.15, -0.1) is 11.3 Å². The van der Waals surface area contributed by atoms with E-state index in [2.05, 4.69) is 26.5 Å². The van der Waals surface area contributed by atoms with Gasteiger partial charge in [-0.2, -0.15) is 5.10 Å². The van der Waals surface area contributed by atoms with Crippen LogP contribution in [0.15, 0.2) is 68.1 Å². The summed E-state index contributed by atoms with van der Waals surface area (Å²) in [5, 5.41) is 5.28. The molecular formula is C26H23BrN4O2S2. The number of carbonyl (C=O) groups excluding carboxylic acids is 1. The number of amides is 1. The number of benzene rings is 2. The summed E-state index contributed by atoms with van der Waals surface area (Å²) >= 11 is 6.31. The van der Waals surface area contributed by atoms with E-state index in [9.17, 15) is 9.59 Å². The molecule has 0 saturated carbocycles. The Bertz CT molecular complexity index is 1470. The van der Waals surface area contributed by atoms with Crippen LogP contribution in [0, 0.1) is 6.92 Å². The average molecular weight is 568 g/mol. The maximum Gasteiger partial charge on any atom is 0.267 e. The number of hydrazone groups is 1. The fraction of sp³-hybridized carbons (Fsp3) is 0.231. The van der Waals surface area contributed by atoms with Gasteiger partial charge in [-0.25, -0.2) is 10.4 Å². The van der Waals surface area contributed by atoms with Crippen molar-refractivity contribution in [2.75, 3.05) is 5.75 Å². The number of carbonyl (C=O) groups is 1. The van der Waals surface area contributed by atoms with Gasteiger partial charge in [-0.3, -0.25) is 14.2 Å². The topological polar surface area (TPSA) is 76.3 Å². The molecule has 0 saturated heterocycles. The highest BCUT2D eigenvalue weighted by Gasteiger charge is 2.23. The molecule has 35 heavy (non-hydrogen) atoms. The molecule has 1 N–H and O–H groups in total. The normalized spacial score (nSPS) is 13.3. The molecule has 0 fully saturated rings. The minimum absolute atomic E-state index is 0.0722. The monoisotopic (exact) mass is 566 g/mol. The highest BCUT2D eigenvalue weighted by molar-refractivity contribution is 9.10. The fourth-order valence-electron chi connectivity index (χ4n) is 4.09. The summed E-state index contributed by atoms with van der Waals surface area (Å²) in [5.74, 6) is -0.175. The van der Waals surface area contributed by atoms with E-state index in [1.807, 2.05) is 55.5 Å². The highest BCUT2D eigenvalue weighted by Crippen LogP contribution is 2.35. The van der Waals surface area contributed by atoms with Gasteiger partial charge < -0.3 is 0 Å². The lowest BCUT2D eigenvalue weighted by Crippen LogP contribution is -2.24. The molecule has 0 aliphatic heterocycles. The lowest BCUT2D eigenvalue weighted by Gasteiger charge is -2.13. The highest BCUT2D eigenvalue weighted by atomic mass is 79.9. The minimum atomic E-state index is -0.263. The number of hydrogen-bond donors (Lipinski definition) is 1. The van der Waals surface area contributed by atoms with Gasteiger partial charge >= 0.3 is 0 Å². The molecule has 178 valence electrons. The van der Waals surface area contributed by atoms with Crippen LogP contribution in [0.1, 0.15) is 34.4 Å². The second-order valence-electron chi connectivity index (χ2n) is 8.39. The van der Waals surface area contributed by atoms with E-state index in [4.69, 9.17) is 4.98 Å². The van der Waals surface area contributed by atoms with Crippen LogP contribution in [0.4, 0.5) is 0 Å². The van der Waals surface area contributed by atoms with Crippen LogP contribution in [0.25, 0.3) is 15.9 Å². The predicted molar refractivity (Wildman–Crippen MR) is 147 cm³/mol. The summed E-state index contributed by atoms with van der Waals surface area (Å²) in [7, 11) is 0. The van der Waals surface area contributed by atoms with E-state index in [-0.39, 0.29) is 17.2 Å². The van der Waals surface area contributed by atoms with Gasteiger partial charge in [0.25, 0.3) is 11.5 Å². The molecule has 9 heteroatoms. The van der Waals surface area contributed by atoms with Crippen molar-refractivity contribution in [3.8, 4) is 5.69 Å². The van der Waals surface area contributed by atoms with Crippen molar-refractivity contribution >= 4 is 61.4 Å². The van der Waals surface area contributed by atoms with Crippen molar-refractivity contribution in [2.45, 2.75) is 37.8 Å². The number of hydrogen-bond acceptors (Lipinski definition) is 6. The molecule has 2 aromatic carbocycles. The number of nitrogens with one attached hydrogen (secondary N) is 1. The second kappa shape index (κ2) is 10.5. The van der Waals surface area contributed by atoms with E-state index >= 15 is 0 Å². The molecule has 1 amide bonds. The zero-order valence-electron chi connectivity index (χ0n) is 19.1. The van der Waals surface area contributed by atoms with Crippen LogP contribution < -0.4 is 11.0 Å². The number of thiophene rings is 1. The molecule has 0 radical (unpaired) electrons. The lowest BCUT2D eigenvalue weighted by molar-refractivity contribution is -0.118. The van der Waals surface area contributed by atoms with Gasteiger partial charge in [-0.05, 0) is 68.0 Å². The molecule has 2 heterocycles. The number of aryl methyl sites for hydroxylation is 3. The Morgan fingerprint density at radius 2 is 1.91 bits per heavy atom. The minimum Gasteiger partial charge on any atom is -0.272 e. The third kappa shape index (κ3) is 5.27. The second-order valence-corrected chi connectivity index (χ2v) is 11.3. The largest absolute Gasteiger partial charge is 0.272 e. The molecule has 5 rings (SSSR count). The van der Waals surface area contributed by atoms with Crippen LogP contribution in [0.2, 0.25) is 0 Å². The molecule has 4 aromatic rings. The number of rotatable bonds is 6. The molecule has 0 atom stereocenters. The van der Waals surface area contributed by atoms with E-state index < -0.39 is 0 Å². The first kappa shape index (κ1) is 24.0. The van der Waals surface area contributed by atoms with E-state index in [0.29, 0.717) is 5.16 Å². The molecule has 0 bridgehead atoms. The van der Waals surface area contributed by atoms with Gasteiger partial charge in [0.05, 0.1) is 23.0 Å². The zero-order valence-corrected chi connectivity index (χ0v) is 22.3. The molecule has 2 aromatic heterocycles. The van der Waals surface area contributed by atoms with Crippen LogP contribution in [-0.2, 0) is 17.6 Å². The summed E-state index contributed by atoms with van der Waals surface area (Å²) in [6.45, 7) is 2.02. The molecule has 6 nitrogen and oxygen atoms in total. The lowest BCUT2D eigenvalue weighted by atomic mass is 9.97. The summed E-state index contributed by atoms with van der Waals surface area (Å²) in [6.07, 6.45) is 5.76. The first-order chi connectivity index (χ1) is 17.0. The molecular weight excluding hydrogens is 544 g/mol. The summed E-state index contributed by atoms with van der Waals surface area (Å²) in [6, 6.07) is 15.4. The van der Waals surface area contributed by atoms with Crippen LogP contribution >= 0.6 is 39.0 Å². The van der Waals surface area contributed by atoms with Crippen LogP contribution in [-0.4, -0.2) is 27.4 Å². The Labute approximate surface area is 219 Å². The maximum atomic E-state index is 13.7. The molecule has 1 aliphatic rings. The number of aromatic nitrogens is 2. The van der Waals surface area contributed by atoms with E-state index in [1.165, 1.54) is 16.6 Å². The Hall–Kier alpha value is -2.75. The third-order valence-corrected chi connectivity index (χ3v) is 8.51. The fourth-order valence-corrected chi connectivity index (χ4v) is 6.47. The predicted octanol–water partition coefficient (Wildman–Crippen LogP) is 5.64. The van der Waals surface area contributed by atoms with E-state index in [1.54, 1.807) is 22.1 Å². The van der Waals surface area contributed by atoms with Gasteiger partial charge in [0.1, 0.15) is 4.83 Å². The molecule has 0 unspecified atom stereocenters. The van der Waals surface area contributed by atoms with Crippen molar-refractivity contribution in [3.05, 3.63) is 84.9 Å². The number of halogens is 1.